The molecule has 3 nitrogen and oxygen atoms in total. The van der Waals surface area contributed by atoms with Gasteiger partial charge in [0, 0.05) is 6.04 Å². The summed E-state index contributed by atoms with van der Waals surface area (Å²) in [6.45, 7) is 5.62. The Morgan fingerprint density at radius 3 is 3.00 bits per heavy atom. The molecule has 20 heavy (non-hydrogen) atoms. The third-order valence-corrected chi connectivity index (χ3v) is 3.98. The number of aryl methyl sites for hydroxylation is 1. The maximum Gasteiger partial charge on any atom is 0.119 e. The number of rotatable bonds is 7. The van der Waals surface area contributed by atoms with Gasteiger partial charge in [0.05, 0.1) is 6.10 Å². The van der Waals surface area contributed by atoms with Crippen LogP contribution in [0.5, 0.6) is 5.75 Å². The summed E-state index contributed by atoms with van der Waals surface area (Å²) in [5, 5.41) is 13.2. The highest BCUT2D eigenvalue weighted by Crippen LogP contribution is 2.32. The third kappa shape index (κ3) is 3.97. The molecule has 0 aliphatic heterocycles. The van der Waals surface area contributed by atoms with E-state index in [0.29, 0.717) is 12.6 Å². The number of nitrogens with one attached hydrogen (secondary N) is 1. The van der Waals surface area contributed by atoms with Crippen molar-refractivity contribution >= 4 is 0 Å². The molecule has 0 radical (unpaired) electrons. The van der Waals surface area contributed by atoms with Gasteiger partial charge in [-0.25, -0.2) is 0 Å². The van der Waals surface area contributed by atoms with Crippen molar-refractivity contribution in [3.63, 3.8) is 0 Å². The number of ether oxygens (including phenoxy) is 1. The van der Waals surface area contributed by atoms with Crippen molar-refractivity contribution in [3.8, 4) is 5.75 Å². The lowest BCUT2D eigenvalue weighted by molar-refractivity contribution is 0.104. The highest BCUT2D eigenvalue weighted by molar-refractivity contribution is 5.39. The molecule has 0 spiro atoms. The first-order valence-electron chi connectivity index (χ1n) is 7.91. The number of aliphatic hydroxyl groups is 1. The second-order valence-corrected chi connectivity index (χ2v) is 5.63. The molecule has 1 aliphatic carbocycles. The summed E-state index contributed by atoms with van der Waals surface area (Å²) in [5.41, 5.74) is 2.82. The van der Waals surface area contributed by atoms with Gasteiger partial charge in [-0.1, -0.05) is 19.9 Å². The van der Waals surface area contributed by atoms with Crippen molar-refractivity contribution in [3.05, 3.63) is 29.3 Å². The summed E-state index contributed by atoms with van der Waals surface area (Å²) in [5.74, 6) is 0.882. The topological polar surface area (TPSA) is 41.5 Å². The molecule has 2 N–H and O–H groups in total. The maximum absolute atomic E-state index is 9.56. The lowest BCUT2D eigenvalue weighted by Gasteiger charge is -2.27. The van der Waals surface area contributed by atoms with Crippen LogP contribution in [0.2, 0.25) is 0 Å². The lowest BCUT2D eigenvalue weighted by atomic mass is 9.87. The van der Waals surface area contributed by atoms with Crippen molar-refractivity contribution < 1.29 is 9.84 Å². The normalized spacial score (nSPS) is 19.4. The molecule has 0 saturated carbocycles. The van der Waals surface area contributed by atoms with Crippen molar-refractivity contribution in [1.82, 2.24) is 5.32 Å². The number of benzene rings is 1. The number of aliphatic hydroxyl groups excluding tert-OH is 1. The Morgan fingerprint density at radius 2 is 2.25 bits per heavy atom. The van der Waals surface area contributed by atoms with E-state index >= 15 is 0 Å². The minimum Gasteiger partial charge on any atom is -0.491 e. The predicted molar refractivity (Wildman–Crippen MR) is 82.2 cm³/mol. The largest absolute Gasteiger partial charge is 0.491 e. The molecule has 0 aromatic heterocycles. The first-order valence-corrected chi connectivity index (χ1v) is 7.91. The first kappa shape index (κ1) is 15.3. The zero-order valence-electron chi connectivity index (χ0n) is 12.7. The van der Waals surface area contributed by atoms with E-state index in [0.717, 1.165) is 25.1 Å². The van der Waals surface area contributed by atoms with Gasteiger partial charge >= 0.3 is 0 Å². The summed E-state index contributed by atoms with van der Waals surface area (Å²) >= 11 is 0. The molecule has 0 heterocycles. The zero-order valence-corrected chi connectivity index (χ0v) is 12.7. The van der Waals surface area contributed by atoms with Crippen LogP contribution in [-0.2, 0) is 6.42 Å². The van der Waals surface area contributed by atoms with E-state index in [1.807, 2.05) is 13.0 Å². The average molecular weight is 277 g/mol. The fourth-order valence-electron chi connectivity index (χ4n) is 2.72. The molecule has 0 fully saturated rings. The monoisotopic (exact) mass is 277 g/mol. The molecule has 112 valence electrons. The van der Waals surface area contributed by atoms with Gasteiger partial charge in [-0.05, 0) is 61.9 Å². The van der Waals surface area contributed by atoms with Gasteiger partial charge in [-0.2, -0.15) is 0 Å². The molecule has 1 aromatic carbocycles. The van der Waals surface area contributed by atoms with E-state index in [1.165, 1.54) is 30.4 Å². The summed E-state index contributed by atoms with van der Waals surface area (Å²) in [6, 6.07) is 6.87. The average Bonchev–Trinajstić information content (AvgIpc) is 2.50. The molecule has 1 aromatic rings. The smallest absolute Gasteiger partial charge is 0.119 e. The van der Waals surface area contributed by atoms with Crippen molar-refractivity contribution in [1.29, 1.82) is 0 Å². The van der Waals surface area contributed by atoms with Gasteiger partial charge in [-0.3, -0.25) is 0 Å². The van der Waals surface area contributed by atoms with Gasteiger partial charge in [0.2, 0.25) is 0 Å². The maximum atomic E-state index is 9.56. The minimum atomic E-state index is -0.370. The SMILES string of the molecule is CCCNC1CCCc2cc(OCC(O)CC)ccc21. The van der Waals surface area contributed by atoms with Crippen LogP contribution in [-0.4, -0.2) is 24.4 Å². The van der Waals surface area contributed by atoms with Crippen molar-refractivity contribution in [2.24, 2.45) is 0 Å². The fourth-order valence-corrected chi connectivity index (χ4v) is 2.72. The molecule has 2 unspecified atom stereocenters. The molecule has 2 rings (SSSR count). The molecular formula is C17H27NO2. The highest BCUT2D eigenvalue weighted by atomic mass is 16.5. The summed E-state index contributed by atoms with van der Waals surface area (Å²) < 4.78 is 5.67. The van der Waals surface area contributed by atoms with E-state index in [-0.39, 0.29) is 6.10 Å². The second kappa shape index (κ2) is 7.65. The number of fused-ring (bicyclic) bond motifs is 1. The van der Waals surface area contributed by atoms with Crippen LogP contribution in [0.25, 0.3) is 0 Å². The summed E-state index contributed by atoms with van der Waals surface area (Å²) in [4.78, 5) is 0. The van der Waals surface area contributed by atoms with Crippen LogP contribution in [0, 0.1) is 0 Å². The Labute approximate surface area is 122 Å². The van der Waals surface area contributed by atoms with Crippen LogP contribution < -0.4 is 10.1 Å². The third-order valence-electron chi connectivity index (χ3n) is 3.98. The van der Waals surface area contributed by atoms with E-state index in [4.69, 9.17) is 4.74 Å². The Morgan fingerprint density at radius 1 is 1.40 bits per heavy atom. The van der Waals surface area contributed by atoms with Crippen molar-refractivity contribution in [2.75, 3.05) is 13.2 Å². The van der Waals surface area contributed by atoms with E-state index in [2.05, 4.69) is 24.4 Å². The quantitative estimate of drug-likeness (QED) is 0.804. The first-order chi connectivity index (χ1) is 9.74. The van der Waals surface area contributed by atoms with Gasteiger partial charge in [-0.15, -0.1) is 0 Å². The van der Waals surface area contributed by atoms with Gasteiger partial charge in [0.25, 0.3) is 0 Å². The molecule has 0 saturated heterocycles. The predicted octanol–water partition coefficient (Wildman–Crippen LogP) is 3.21. The second-order valence-electron chi connectivity index (χ2n) is 5.63. The van der Waals surface area contributed by atoms with Crippen LogP contribution in [0.1, 0.15) is 56.7 Å². The van der Waals surface area contributed by atoms with Crippen LogP contribution in [0.3, 0.4) is 0 Å². The molecule has 3 heteroatoms. The molecular weight excluding hydrogens is 250 g/mol. The Hall–Kier alpha value is -1.06. The lowest BCUT2D eigenvalue weighted by Crippen LogP contribution is -2.25. The van der Waals surface area contributed by atoms with Gasteiger partial charge in [0.15, 0.2) is 0 Å². The van der Waals surface area contributed by atoms with Crippen molar-refractivity contribution in [2.45, 2.75) is 58.1 Å². The summed E-state index contributed by atoms with van der Waals surface area (Å²) in [7, 11) is 0. The fraction of sp³-hybridized carbons (Fsp3) is 0.647. The van der Waals surface area contributed by atoms with E-state index < -0.39 is 0 Å². The highest BCUT2D eigenvalue weighted by Gasteiger charge is 2.19. The summed E-state index contributed by atoms with van der Waals surface area (Å²) in [6.07, 6.45) is 5.12. The Bertz CT molecular complexity index is 419. The minimum absolute atomic E-state index is 0.370. The van der Waals surface area contributed by atoms with Gasteiger partial charge < -0.3 is 15.2 Å². The molecule has 1 aliphatic rings. The number of hydrogen-bond acceptors (Lipinski definition) is 3. The van der Waals surface area contributed by atoms with Crippen LogP contribution in [0.4, 0.5) is 0 Å². The van der Waals surface area contributed by atoms with Gasteiger partial charge in [0.1, 0.15) is 12.4 Å². The Balaban J connectivity index is 2.03. The number of hydrogen-bond donors (Lipinski definition) is 2. The van der Waals surface area contributed by atoms with E-state index in [9.17, 15) is 5.11 Å². The van der Waals surface area contributed by atoms with Crippen LogP contribution in [0.15, 0.2) is 18.2 Å². The standard InChI is InChI=1S/C17H27NO2/c1-3-10-18-17-7-5-6-13-11-15(8-9-16(13)17)20-12-14(19)4-2/h8-9,11,14,17-19H,3-7,10,12H2,1-2H3. The molecule has 2 atom stereocenters. The van der Waals surface area contributed by atoms with E-state index in [1.54, 1.807) is 0 Å². The molecule has 0 amide bonds. The molecule has 0 bridgehead atoms. The Kier molecular flexibility index (Phi) is 5.86. The zero-order chi connectivity index (χ0) is 14.4. The van der Waals surface area contributed by atoms with Crippen LogP contribution >= 0.6 is 0 Å².